The summed E-state index contributed by atoms with van der Waals surface area (Å²) in [6.07, 6.45) is 9.91. The van der Waals surface area contributed by atoms with Crippen LogP contribution in [-0.2, 0) is 11.3 Å². The largest absolute Gasteiger partial charge is 0.378 e. The number of rotatable bonds is 7. The summed E-state index contributed by atoms with van der Waals surface area (Å²) in [5.74, 6) is 0. The van der Waals surface area contributed by atoms with Crippen LogP contribution in [0.2, 0.25) is 0 Å². The van der Waals surface area contributed by atoms with Gasteiger partial charge in [0, 0.05) is 25.4 Å². The van der Waals surface area contributed by atoms with Crippen molar-refractivity contribution in [3.05, 3.63) is 12.4 Å². The topological polar surface area (TPSA) is 52.0 Å². The van der Waals surface area contributed by atoms with Crippen molar-refractivity contribution in [2.45, 2.75) is 57.7 Å². The molecule has 0 aliphatic carbocycles. The van der Waals surface area contributed by atoms with Crippen LogP contribution in [0.1, 0.15) is 39.0 Å². The molecule has 1 N–H and O–H groups in total. The van der Waals surface area contributed by atoms with E-state index < -0.39 is 0 Å². The van der Waals surface area contributed by atoms with Crippen molar-refractivity contribution in [3.63, 3.8) is 0 Å². The first-order valence-electron chi connectivity index (χ1n) is 7.07. The summed E-state index contributed by atoms with van der Waals surface area (Å²) in [6.45, 7) is 5.11. The fraction of sp³-hybridized carbons (Fsp3) is 0.846. The van der Waals surface area contributed by atoms with E-state index in [9.17, 15) is 0 Å². The Labute approximate surface area is 109 Å². The monoisotopic (exact) mass is 252 g/mol. The summed E-state index contributed by atoms with van der Waals surface area (Å²) >= 11 is 0. The lowest BCUT2D eigenvalue weighted by atomic mass is 10.00. The smallest absolute Gasteiger partial charge is 0.0692 e. The molecule has 2 heterocycles. The molecule has 0 amide bonds. The minimum atomic E-state index is 0.469. The average Bonchev–Trinajstić information content (AvgIpc) is 2.89. The highest BCUT2D eigenvalue weighted by molar-refractivity contribution is 4.76. The van der Waals surface area contributed by atoms with Crippen molar-refractivity contribution in [1.29, 1.82) is 0 Å². The van der Waals surface area contributed by atoms with Crippen molar-refractivity contribution >= 4 is 0 Å². The van der Waals surface area contributed by atoms with Crippen LogP contribution in [0.4, 0.5) is 0 Å². The number of hydrogen-bond acceptors (Lipinski definition) is 4. The molecule has 1 saturated heterocycles. The van der Waals surface area contributed by atoms with Crippen LogP contribution < -0.4 is 5.32 Å². The third-order valence-electron chi connectivity index (χ3n) is 3.45. The lowest BCUT2D eigenvalue weighted by molar-refractivity contribution is -0.00314. The molecule has 1 fully saturated rings. The fourth-order valence-corrected chi connectivity index (χ4v) is 2.49. The molecule has 0 aromatic carbocycles. The van der Waals surface area contributed by atoms with E-state index in [1.54, 1.807) is 6.20 Å². The van der Waals surface area contributed by atoms with Gasteiger partial charge in [-0.2, -0.15) is 0 Å². The van der Waals surface area contributed by atoms with Gasteiger partial charge in [0.05, 0.1) is 12.3 Å². The van der Waals surface area contributed by atoms with Crippen molar-refractivity contribution in [2.75, 3.05) is 13.2 Å². The van der Waals surface area contributed by atoms with Gasteiger partial charge in [-0.05, 0) is 32.2 Å². The van der Waals surface area contributed by atoms with Crippen molar-refractivity contribution in [2.24, 2.45) is 0 Å². The predicted molar refractivity (Wildman–Crippen MR) is 70.3 cm³/mol. The lowest BCUT2D eigenvalue weighted by Crippen LogP contribution is -2.39. The van der Waals surface area contributed by atoms with Gasteiger partial charge in [0.2, 0.25) is 0 Å². The van der Waals surface area contributed by atoms with E-state index >= 15 is 0 Å². The molecule has 102 valence electrons. The summed E-state index contributed by atoms with van der Waals surface area (Å²) in [4.78, 5) is 0. The molecule has 1 aliphatic rings. The van der Waals surface area contributed by atoms with Crippen LogP contribution in [0.25, 0.3) is 0 Å². The molecule has 0 spiro atoms. The molecule has 2 unspecified atom stereocenters. The highest BCUT2D eigenvalue weighted by Crippen LogP contribution is 2.17. The molecule has 2 atom stereocenters. The van der Waals surface area contributed by atoms with E-state index in [-0.39, 0.29) is 0 Å². The second-order valence-electron chi connectivity index (χ2n) is 4.98. The maximum absolute atomic E-state index is 5.75. The van der Waals surface area contributed by atoms with Crippen LogP contribution in [0, 0.1) is 0 Å². The summed E-state index contributed by atoms with van der Waals surface area (Å²) < 4.78 is 7.63. The van der Waals surface area contributed by atoms with Crippen LogP contribution in [0.3, 0.4) is 0 Å². The van der Waals surface area contributed by atoms with E-state index in [2.05, 4.69) is 22.6 Å². The van der Waals surface area contributed by atoms with Gasteiger partial charge < -0.3 is 10.1 Å². The second kappa shape index (κ2) is 7.48. The Morgan fingerprint density at radius 2 is 2.44 bits per heavy atom. The van der Waals surface area contributed by atoms with E-state index in [1.165, 1.54) is 12.8 Å². The fourth-order valence-electron chi connectivity index (χ4n) is 2.49. The molecule has 1 aromatic rings. The third-order valence-corrected chi connectivity index (χ3v) is 3.45. The van der Waals surface area contributed by atoms with Gasteiger partial charge in [-0.1, -0.05) is 18.6 Å². The zero-order valence-electron chi connectivity index (χ0n) is 11.2. The van der Waals surface area contributed by atoms with Gasteiger partial charge in [-0.3, -0.25) is 4.68 Å². The third kappa shape index (κ3) is 4.38. The Morgan fingerprint density at radius 3 is 3.22 bits per heavy atom. The number of nitrogens with one attached hydrogen (secondary N) is 1. The van der Waals surface area contributed by atoms with Crippen molar-refractivity contribution in [3.8, 4) is 0 Å². The van der Waals surface area contributed by atoms with Crippen molar-refractivity contribution < 1.29 is 4.74 Å². The summed E-state index contributed by atoms with van der Waals surface area (Å²) in [6, 6.07) is 0.631. The molecule has 0 saturated carbocycles. The zero-order valence-corrected chi connectivity index (χ0v) is 11.2. The maximum atomic E-state index is 5.75. The first kappa shape index (κ1) is 13.5. The van der Waals surface area contributed by atoms with Gasteiger partial charge in [-0.25, -0.2) is 0 Å². The molecule has 18 heavy (non-hydrogen) atoms. The van der Waals surface area contributed by atoms with Crippen LogP contribution in [-0.4, -0.2) is 40.3 Å². The van der Waals surface area contributed by atoms with Crippen LogP contribution in [0.15, 0.2) is 12.4 Å². The highest BCUT2D eigenvalue weighted by Gasteiger charge is 2.20. The minimum absolute atomic E-state index is 0.469. The Balaban J connectivity index is 1.58. The summed E-state index contributed by atoms with van der Waals surface area (Å²) in [5.41, 5.74) is 0. The maximum Gasteiger partial charge on any atom is 0.0692 e. The Hall–Kier alpha value is -0.940. The lowest BCUT2D eigenvalue weighted by Gasteiger charge is -2.30. The zero-order chi connectivity index (χ0) is 12.6. The number of nitrogens with zero attached hydrogens (tertiary/aromatic N) is 3. The molecular formula is C13H24N4O. The van der Waals surface area contributed by atoms with E-state index in [4.69, 9.17) is 4.74 Å². The van der Waals surface area contributed by atoms with E-state index in [1.807, 2.05) is 10.9 Å². The molecule has 0 bridgehead atoms. The molecular weight excluding hydrogens is 228 g/mol. The Morgan fingerprint density at radius 1 is 1.50 bits per heavy atom. The molecule has 5 nitrogen and oxygen atoms in total. The van der Waals surface area contributed by atoms with Gasteiger partial charge in [-0.15, -0.1) is 5.10 Å². The van der Waals surface area contributed by atoms with Gasteiger partial charge in [0.1, 0.15) is 0 Å². The Bertz CT molecular complexity index is 313. The van der Waals surface area contributed by atoms with E-state index in [0.717, 1.165) is 39.0 Å². The standard InChI is InChI=1S/C13H24N4O/c1-2-4-13-11-12(5-10-18-13)14-6-3-8-17-9-7-15-16-17/h7,9,12-14H,2-6,8,10-11H2,1H3. The molecule has 0 radical (unpaired) electrons. The number of aryl methyl sites for hydroxylation is 1. The molecule has 1 aliphatic heterocycles. The summed E-state index contributed by atoms with van der Waals surface area (Å²) in [5, 5.41) is 11.4. The molecule has 2 rings (SSSR count). The first-order chi connectivity index (χ1) is 8.88. The van der Waals surface area contributed by atoms with Gasteiger partial charge in [0.15, 0.2) is 0 Å². The summed E-state index contributed by atoms with van der Waals surface area (Å²) in [7, 11) is 0. The first-order valence-corrected chi connectivity index (χ1v) is 7.07. The van der Waals surface area contributed by atoms with Crippen LogP contribution in [0.5, 0.6) is 0 Å². The predicted octanol–water partition coefficient (Wildman–Crippen LogP) is 1.61. The van der Waals surface area contributed by atoms with Gasteiger partial charge >= 0.3 is 0 Å². The number of aromatic nitrogens is 3. The van der Waals surface area contributed by atoms with Crippen molar-refractivity contribution in [1.82, 2.24) is 20.3 Å². The second-order valence-corrected chi connectivity index (χ2v) is 4.98. The number of ether oxygens (including phenoxy) is 1. The normalized spacial score (nSPS) is 24.3. The quantitative estimate of drug-likeness (QED) is 0.749. The highest BCUT2D eigenvalue weighted by atomic mass is 16.5. The molecule has 1 aromatic heterocycles. The molecule has 5 heteroatoms. The van der Waals surface area contributed by atoms with E-state index in [0.29, 0.717) is 12.1 Å². The van der Waals surface area contributed by atoms with Gasteiger partial charge in [0.25, 0.3) is 0 Å². The van der Waals surface area contributed by atoms with Crippen LogP contribution >= 0.6 is 0 Å². The minimum Gasteiger partial charge on any atom is -0.378 e. The Kier molecular flexibility index (Phi) is 5.61. The SMILES string of the molecule is CCCC1CC(NCCCn2ccnn2)CCO1. The number of hydrogen-bond donors (Lipinski definition) is 1. The average molecular weight is 252 g/mol.